The number of likely N-dealkylation sites (N-methyl/N-ethyl adjacent to an activating group) is 1. The van der Waals surface area contributed by atoms with Crippen LogP contribution < -0.4 is 0 Å². The van der Waals surface area contributed by atoms with Crippen molar-refractivity contribution < 1.29 is 29.3 Å². The zero-order valence-corrected chi connectivity index (χ0v) is 34.2. The molecule has 5 aliphatic rings. The van der Waals surface area contributed by atoms with Gasteiger partial charge in [-0.25, -0.2) is 0 Å². The van der Waals surface area contributed by atoms with Crippen molar-refractivity contribution in [3.8, 4) is 0 Å². The Balaban J connectivity index is 1.41. The van der Waals surface area contributed by atoms with E-state index in [2.05, 4.69) is 79.3 Å². The van der Waals surface area contributed by atoms with E-state index < -0.39 is 28.9 Å². The molecule has 9 atom stereocenters. The van der Waals surface area contributed by atoms with Crippen LogP contribution in [0.25, 0.3) is 0 Å². The monoisotopic (exact) mass is 713 g/mol. The average Bonchev–Trinajstić information content (AvgIpc) is 3.33. The van der Waals surface area contributed by atoms with E-state index in [1.807, 2.05) is 0 Å². The molecule has 2 N–H and O–H groups in total. The van der Waals surface area contributed by atoms with Gasteiger partial charge in [-0.2, -0.15) is 0 Å². The van der Waals surface area contributed by atoms with Crippen molar-refractivity contribution in [2.45, 2.75) is 152 Å². The lowest BCUT2D eigenvalue weighted by molar-refractivity contribution is -0.214. The second-order valence-corrected chi connectivity index (χ2v) is 20.3. The Kier molecular flexibility index (Phi) is 11.2. The van der Waals surface area contributed by atoms with Crippen LogP contribution >= 0.6 is 0 Å². The van der Waals surface area contributed by atoms with Gasteiger partial charge >= 0.3 is 11.9 Å². The normalized spacial score (nSPS) is 37.0. The van der Waals surface area contributed by atoms with Crippen LogP contribution in [0.5, 0.6) is 0 Å². The minimum Gasteiger partial charge on any atom is -0.481 e. The average molecular weight is 713 g/mol. The SMILES string of the molecule is CC(C)C1=C2C3CCC4C(C)(CCC5C(C)(C)C(OC(=O)CC(C)(C)C(=O)O)CCC54C)C3CCC2([C@@H](O)CN(CCN(C)C)C(C)C)CC1=O. The van der Waals surface area contributed by atoms with Crippen molar-refractivity contribution in [3.05, 3.63) is 11.1 Å². The number of aliphatic hydroxyl groups excluding tert-OH is 1. The van der Waals surface area contributed by atoms with Gasteiger partial charge in [-0.3, -0.25) is 19.3 Å². The zero-order chi connectivity index (χ0) is 38.1. The molecule has 8 heteroatoms. The highest BCUT2D eigenvalue weighted by Gasteiger charge is 2.67. The Labute approximate surface area is 309 Å². The van der Waals surface area contributed by atoms with Crippen molar-refractivity contribution in [2.75, 3.05) is 33.7 Å². The first-order chi connectivity index (χ1) is 23.5. The van der Waals surface area contributed by atoms with Crippen molar-refractivity contribution in [1.82, 2.24) is 9.80 Å². The molecular formula is C43H72N2O6. The van der Waals surface area contributed by atoms with E-state index in [1.54, 1.807) is 13.8 Å². The summed E-state index contributed by atoms with van der Waals surface area (Å²) in [5.74, 6) is 0.766. The van der Waals surface area contributed by atoms with Gasteiger partial charge in [0.05, 0.1) is 17.9 Å². The number of ketones is 1. The van der Waals surface area contributed by atoms with E-state index in [-0.39, 0.29) is 40.5 Å². The third kappa shape index (κ3) is 6.90. The number of nitrogens with zero attached hydrogens (tertiary/aromatic N) is 2. The number of fused-ring (bicyclic) bond motifs is 7. The maximum absolute atomic E-state index is 14.0. The number of esters is 1. The van der Waals surface area contributed by atoms with Gasteiger partial charge in [-0.15, -0.1) is 0 Å². The first-order valence-electron chi connectivity index (χ1n) is 20.3. The largest absolute Gasteiger partial charge is 0.481 e. The van der Waals surface area contributed by atoms with Crippen LogP contribution in [0.3, 0.4) is 0 Å². The fourth-order valence-electron chi connectivity index (χ4n) is 12.9. The quantitative estimate of drug-likeness (QED) is 0.199. The van der Waals surface area contributed by atoms with E-state index in [1.165, 1.54) is 5.57 Å². The second kappa shape index (κ2) is 14.1. The van der Waals surface area contributed by atoms with Crippen molar-refractivity contribution in [3.63, 3.8) is 0 Å². The Morgan fingerprint density at radius 3 is 2.14 bits per heavy atom. The molecule has 4 saturated carbocycles. The molecular weight excluding hydrogens is 640 g/mol. The molecule has 5 aliphatic carbocycles. The standard InChI is InChI=1S/C43H72N2O6/c1-26(2)36-30(46)23-43(33(47)25-45(27(3)4)22-21-44(11)12)20-15-29-28(37(36)43)13-14-32-41(29,9)18-16-31-40(7,8)34(17-19-42(31,32)10)51-35(48)24-39(5,6)38(49)50/h26-29,31-34,47H,13-25H2,1-12H3,(H,49,50)/t28?,29?,31?,32?,33-,34?,41?,42?,43?/m0/s1. The van der Waals surface area contributed by atoms with Crippen LogP contribution in [0, 0.1) is 56.7 Å². The maximum Gasteiger partial charge on any atom is 0.309 e. The molecule has 8 nitrogen and oxygen atoms in total. The number of Topliss-reactive ketones (excluding diaryl/α,β-unsaturated/α-hetero) is 1. The molecule has 4 fully saturated rings. The summed E-state index contributed by atoms with van der Waals surface area (Å²) in [5.41, 5.74) is 0.764. The van der Waals surface area contributed by atoms with Crippen molar-refractivity contribution >= 4 is 17.7 Å². The van der Waals surface area contributed by atoms with Crippen molar-refractivity contribution in [2.24, 2.45) is 56.7 Å². The van der Waals surface area contributed by atoms with Gasteiger partial charge in [-0.1, -0.05) is 47.1 Å². The summed E-state index contributed by atoms with van der Waals surface area (Å²) < 4.78 is 6.16. The fourth-order valence-corrected chi connectivity index (χ4v) is 12.9. The van der Waals surface area contributed by atoms with Gasteiger partial charge in [0.2, 0.25) is 0 Å². The summed E-state index contributed by atoms with van der Waals surface area (Å²) >= 11 is 0. The first-order valence-corrected chi connectivity index (χ1v) is 20.3. The minimum absolute atomic E-state index is 0.101. The molecule has 5 rings (SSSR count). The molecule has 0 aliphatic heterocycles. The van der Waals surface area contributed by atoms with Gasteiger partial charge in [0.1, 0.15) is 6.10 Å². The number of hydrogen-bond acceptors (Lipinski definition) is 7. The van der Waals surface area contributed by atoms with Gasteiger partial charge in [0.15, 0.2) is 5.78 Å². The van der Waals surface area contributed by atoms with Gasteiger partial charge in [0, 0.05) is 42.9 Å². The molecule has 0 amide bonds. The summed E-state index contributed by atoms with van der Waals surface area (Å²) in [7, 11) is 4.19. The van der Waals surface area contributed by atoms with E-state index in [9.17, 15) is 24.6 Å². The number of carboxylic acids is 1. The molecule has 0 aromatic carbocycles. The molecule has 0 aromatic rings. The van der Waals surface area contributed by atoms with Gasteiger partial charge < -0.3 is 19.8 Å². The molecule has 290 valence electrons. The van der Waals surface area contributed by atoms with Gasteiger partial charge in [0.25, 0.3) is 0 Å². The highest BCUT2D eigenvalue weighted by molar-refractivity contribution is 6.00. The summed E-state index contributed by atoms with van der Waals surface area (Å²) in [6, 6.07) is 0.311. The number of carbonyl (C=O) groups is 3. The third-order valence-electron chi connectivity index (χ3n) is 15.6. The number of aliphatic hydroxyl groups is 1. The zero-order valence-electron chi connectivity index (χ0n) is 34.2. The smallest absolute Gasteiger partial charge is 0.309 e. The second-order valence-electron chi connectivity index (χ2n) is 20.3. The lowest BCUT2D eigenvalue weighted by atomic mass is 9.36. The topological polar surface area (TPSA) is 107 Å². The Hall–Kier alpha value is -1.77. The highest BCUT2D eigenvalue weighted by Crippen LogP contribution is 2.73. The molecule has 0 saturated heterocycles. The number of allylic oxidation sites excluding steroid dienone is 1. The predicted molar refractivity (Wildman–Crippen MR) is 202 cm³/mol. The number of aliphatic carboxylic acids is 1. The fraction of sp³-hybridized carbons (Fsp3) is 0.884. The molecule has 0 aromatic heterocycles. The number of carbonyl (C=O) groups excluding carboxylic acids is 2. The van der Waals surface area contributed by atoms with E-state index in [0.717, 1.165) is 70.0 Å². The van der Waals surface area contributed by atoms with Crippen molar-refractivity contribution in [1.29, 1.82) is 0 Å². The molecule has 0 radical (unpaired) electrons. The number of rotatable bonds is 12. The molecule has 8 unspecified atom stereocenters. The maximum atomic E-state index is 14.0. The summed E-state index contributed by atoms with van der Waals surface area (Å²) in [4.78, 5) is 43.4. The highest BCUT2D eigenvalue weighted by atomic mass is 16.5. The Morgan fingerprint density at radius 1 is 0.902 bits per heavy atom. The number of hydrogen-bond donors (Lipinski definition) is 2. The Bertz CT molecular complexity index is 1380. The molecule has 0 heterocycles. The van der Waals surface area contributed by atoms with Crippen LogP contribution in [0.15, 0.2) is 11.1 Å². The minimum atomic E-state index is -1.15. The van der Waals surface area contributed by atoms with E-state index >= 15 is 0 Å². The molecule has 51 heavy (non-hydrogen) atoms. The molecule has 0 spiro atoms. The predicted octanol–water partition coefficient (Wildman–Crippen LogP) is 7.62. The summed E-state index contributed by atoms with van der Waals surface area (Å²) in [6.45, 7) is 24.0. The van der Waals surface area contributed by atoms with Crippen LogP contribution in [-0.4, -0.2) is 89.7 Å². The van der Waals surface area contributed by atoms with E-state index in [0.29, 0.717) is 42.7 Å². The van der Waals surface area contributed by atoms with Crippen LogP contribution in [0.4, 0.5) is 0 Å². The number of carboxylic acid groups (broad SMARTS) is 1. The summed E-state index contributed by atoms with van der Waals surface area (Å²) in [6.07, 6.45) is 7.65. The first kappa shape index (κ1) is 40.4. The third-order valence-corrected chi connectivity index (χ3v) is 15.6. The van der Waals surface area contributed by atoms with Crippen LogP contribution in [0.1, 0.15) is 133 Å². The van der Waals surface area contributed by atoms with E-state index in [4.69, 9.17) is 4.74 Å². The summed E-state index contributed by atoms with van der Waals surface area (Å²) in [5, 5.41) is 21.9. The van der Waals surface area contributed by atoms with Crippen LogP contribution in [0.2, 0.25) is 0 Å². The van der Waals surface area contributed by atoms with Crippen LogP contribution in [-0.2, 0) is 19.1 Å². The Morgan fingerprint density at radius 2 is 1.55 bits per heavy atom. The lowest BCUT2D eigenvalue weighted by Crippen LogP contribution is -2.63. The number of ether oxygens (including phenoxy) is 1. The van der Waals surface area contributed by atoms with Gasteiger partial charge in [-0.05, 0) is 139 Å². The molecule has 0 bridgehead atoms. The lowest BCUT2D eigenvalue weighted by Gasteiger charge is -2.69.